The van der Waals surface area contributed by atoms with E-state index in [9.17, 15) is 0 Å². The summed E-state index contributed by atoms with van der Waals surface area (Å²) in [6.45, 7) is 1.14. The van der Waals surface area contributed by atoms with Gasteiger partial charge in [0.1, 0.15) is 5.65 Å². The van der Waals surface area contributed by atoms with Crippen molar-refractivity contribution in [3.05, 3.63) is 30.1 Å². The van der Waals surface area contributed by atoms with Crippen molar-refractivity contribution in [3.8, 4) is 5.88 Å². The van der Waals surface area contributed by atoms with Gasteiger partial charge in [-0.3, -0.25) is 4.40 Å². The van der Waals surface area contributed by atoms with E-state index in [0.29, 0.717) is 6.04 Å². The maximum Gasteiger partial charge on any atom is 0.198 e. The molecule has 4 heteroatoms. The van der Waals surface area contributed by atoms with Gasteiger partial charge in [0.15, 0.2) is 5.88 Å². The van der Waals surface area contributed by atoms with E-state index in [2.05, 4.69) is 16.5 Å². The Morgan fingerprint density at radius 1 is 1.53 bits per heavy atom. The van der Waals surface area contributed by atoms with E-state index < -0.39 is 0 Å². The third kappa shape index (κ3) is 2.00. The third-order valence-electron chi connectivity index (χ3n) is 3.33. The second-order valence-electron chi connectivity index (χ2n) is 4.53. The number of methoxy groups -OCH3 is 1. The van der Waals surface area contributed by atoms with Crippen LogP contribution in [0.1, 0.15) is 18.5 Å². The van der Waals surface area contributed by atoms with Crippen LogP contribution >= 0.6 is 0 Å². The molecule has 0 aromatic carbocycles. The van der Waals surface area contributed by atoms with Crippen LogP contribution in [0.4, 0.5) is 0 Å². The summed E-state index contributed by atoms with van der Waals surface area (Å²) in [7, 11) is 1.69. The molecule has 0 spiro atoms. The first kappa shape index (κ1) is 10.6. The Hall–Kier alpha value is -1.55. The lowest BCUT2D eigenvalue weighted by Gasteiger charge is -2.06. The lowest BCUT2D eigenvalue weighted by atomic mass is 10.1. The number of imidazole rings is 1. The zero-order valence-electron chi connectivity index (χ0n) is 10.0. The van der Waals surface area contributed by atoms with Gasteiger partial charge in [0.2, 0.25) is 0 Å². The van der Waals surface area contributed by atoms with Crippen LogP contribution in [0.5, 0.6) is 5.88 Å². The van der Waals surface area contributed by atoms with Gasteiger partial charge in [-0.1, -0.05) is 6.07 Å². The molecule has 90 valence electrons. The normalized spacial score (nSPS) is 19.9. The maximum absolute atomic E-state index is 5.32. The molecule has 2 aromatic heterocycles. The Labute approximate surface area is 101 Å². The zero-order valence-corrected chi connectivity index (χ0v) is 10.0. The summed E-state index contributed by atoms with van der Waals surface area (Å²) >= 11 is 0. The highest BCUT2D eigenvalue weighted by Crippen LogP contribution is 2.17. The minimum atomic E-state index is 0.589. The molecule has 1 atom stereocenters. The Morgan fingerprint density at radius 3 is 3.24 bits per heavy atom. The van der Waals surface area contributed by atoms with Crippen molar-refractivity contribution >= 4 is 5.65 Å². The second kappa shape index (κ2) is 4.37. The highest BCUT2D eigenvalue weighted by Gasteiger charge is 2.16. The number of ether oxygens (including phenoxy) is 1. The summed E-state index contributed by atoms with van der Waals surface area (Å²) in [4.78, 5) is 4.63. The van der Waals surface area contributed by atoms with Crippen molar-refractivity contribution in [1.82, 2.24) is 14.7 Å². The molecule has 1 aliphatic heterocycles. The number of nitrogens with one attached hydrogen (secondary N) is 1. The Bertz CT molecular complexity index is 514. The highest BCUT2D eigenvalue weighted by molar-refractivity contribution is 5.43. The maximum atomic E-state index is 5.32. The molecule has 3 rings (SSSR count). The van der Waals surface area contributed by atoms with Gasteiger partial charge < -0.3 is 10.1 Å². The Morgan fingerprint density at radius 2 is 2.47 bits per heavy atom. The highest BCUT2D eigenvalue weighted by atomic mass is 16.5. The zero-order chi connectivity index (χ0) is 11.7. The Balaban J connectivity index is 1.90. The fraction of sp³-hybridized carbons (Fsp3) is 0.462. The van der Waals surface area contributed by atoms with E-state index in [1.54, 1.807) is 7.11 Å². The van der Waals surface area contributed by atoms with Crippen LogP contribution in [-0.2, 0) is 6.42 Å². The van der Waals surface area contributed by atoms with Gasteiger partial charge in [0.25, 0.3) is 0 Å². The number of hydrogen-bond acceptors (Lipinski definition) is 3. The molecule has 0 radical (unpaired) electrons. The van der Waals surface area contributed by atoms with Gasteiger partial charge in [-0.05, 0) is 31.5 Å². The summed E-state index contributed by atoms with van der Waals surface area (Å²) in [5.41, 5.74) is 2.09. The first-order valence-electron chi connectivity index (χ1n) is 6.11. The second-order valence-corrected chi connectivity index (χ2v) is 4.53. The first-order valence-corrected chi connectivity index (χ1v) is 6.11. The Kier molecular flexibility index (Phi) is 2.73. The number of pyridine rings is 1. The van der Waals surface area contributed by atoms with E-state index in [1.807, 2.05) is 22.6 Å². The molecule has 17 heavy (non-hydrogen) atoms. The number of nitrogens with zero attached hydrogens (tertiary/aromatic N) is 2. The van der Waals surface area contributed by atoms with Gasteiger partial charge in [0, 0.05) is 18.7 Å². The monoisotopic (exact) mass is 231 g/mol. The van der Waals surface area contributed by atoms with E-state index in [4.69, 9.17) is 4.74 Å². The van der Waals surface area contributed by atoms with Crippen LogP contribution in [0, 0.1) is 0 Å². The van der Waals surface area contributed by atoms with Crippen LogP contribution < -0.4 is 10.1 Å². The van der Waals surface area contributed by atoms with Gasteiger partial charge in [-0.25, -0.2) is 4.98 Å². The van der Waals surface area contributed by atoms with Crippen LogP contribution in [-0.4, -0.2) is 29.1 Å². The number of hydrogen-bond donors (Lipinski definition) is 1. The van der Waals surface area contributed by atoms with Crippen LogP contribution in [0.15, 0.2) is 24.4 Å². The number of fused-ring (bicyclic) bond motifs is 1. The molecule has 0 saturated carbocycles. The average molecular weight is 231 g/mol. The van der Waals surface area contributed by atoms with Crippen molar-refractivity contribution in [2.45, 2.75) is 25.3 Å². The minimum Gasteiger partial charge on any atom is -0.482 e. The lowest BCUT2D eigenvalue weighted by molar-refractivity contribution is 0.392. The molecule has 0 bridgehead atoms. The summed E-state index contributed by atoms with van der Waals surface area (Å²) in [5, 5.41) is 3.50. The minimum absolute atomic E-state index is 0.589. The summed E-state index contributed by atoms with van der Waals surface area (Å²) < 4.78 is 7.32. The molecule has 3 heterocycles. The SMILES string of the molecule is COc1cccc2nc(CC3CCCN3)cn12. The fourth-order valence-corrected chi connectivity index (χ4v) is 2.48. The fourth-order valence-electron chi connectivity index (χ4n) is 2.48. The van der Waals surface area contributed by atoms with Gasteiger partial charge in [0.05, 0.1) is 12.8 Å². The van der Waals surface area contributed by atoms with Crippen molar-refractivity contribution in [2.75, 3.05) is 13.7 Å². The largest absolute Gasteiger partial charge is 0.482 e. The standard InChI is InChI=1S/C13H17N3O/c1-17-13-6-2-5-12-15-11(9-16(12)13)8-10-4-3-7-14-10/h2,5-6,9-10,14H,3-4,7-8H2,1H3. The van der Waals surface area contributed by atoms with Gasteiger partial charge in [-0.15, -0.1) is 0 Å². The van der Waals surface area contributed by atoms with Crippen molar-refractivity contribution in [3.63, 3.8) is 0 Å². The molecule has 2 aromatic rings. The van der Waals surface area contributed by atoms with Crippen molar-refractivity contribution in [2.24, 2.45) is 0 Å². The average Bonchev–Trinajstić information content (AvgIpc) is 2.97. The number of rotatable bonds is 3. The molecule has 1 fully saturated rings. The molecule has 0 amide bonds. The van der Waals surface area contributed by atoms with Gasteiger partial charge >= 0.3 is 0 Å². The summed E-state index contributed by atoms with van der Waals surface area (Å²) in [5.74, 6) is 0.834. The van der Waals surface area contributed by atoms with Crippen LogP contribution in [0.2, 0.25) is 0 Å². The predicted octanol–water partition coefficient (Wildman–Crippen LogP) is 1.64. The molecule has 1 N–H and O–H groups in total. The summed E-state index contributed by atoms with van der Waals surface area (Å²) in [6.07, 6.45) is 5.62. The molecule has 0 aliphatic carbocycles. The van der Waals surface area contributed by atoms with E-state index in [-0.39, 0.29) is 0 Å². The lowest BCUT2D eigenvalue weighted by Crippen LogP contribution is -2.23. The molecule has 1 unspecified atom stereocenters. The summed E-state index contributed by atoms with van der Waals surface area (Å²) in [6, 6.07) is 6.52. The topological polar surface area (TPSA) is 38.6 Å². The number of aromatic nitrogens is 2. The van der Waals surface area contributed by atoms with Crippen LogP contribution in [0.3, 0.4) is 0 Å². The van der Waals surface area contributed by atoms with E-state index in [0.717, 1.165) is 30.2 Å². The molecule has 1 aliphatic rings. The molecular weight excluding hydrogens is 214 g/mol. The van der Waals surface area contributed by atoms with E-state index >= 15 is 0 Å². The molecule has 4 nitrogen and oxygen atoms in total. The molecule has 1 saturated heterocycles. The quantitative estimate of drug-likeness (QED) is 0.872. The smallest absolute Gasteiger partial charge is 0.198 e. The first-order chi connectivity index (χ1) is 8.36. The van der Waals surface area contributed by atoms with Gasteiger partial charge in [-0.2, -0.15) is 0 Å². The predicted molar refractivity (Wildman–Crippen MR) is 66.5 cm³/mol. The van der Waals surface area contributed by atoms with E-state index in [1.165, 1.54) is 12.8 Å². The third-order valence-corrected chi connectivity index (χ3v) is 3.33. The van der Waals surface area contributed by atoms with Crippen molar-refractivity contribution < 1.29 is 4.74 Å². The van der Waals surface area contributed by atoms with Crippen molar-refractivity contribution in [1.29, 1.82) is 0 Å². The molecular formula is C13H17N3O. The van der Waals surface area contributed by atoms with Crippen LogP contribution in [0.25, 0.3) is 5.65 Å².